The van der Waals surface area contributed by atoms with Crippen LogP contribution in [0.2, 0.25) is 0 Å². The van der Waals surface area contributed by atoms with E-state index in [0.29, 0.717) is 0 Å². The van der Waals surface area contributed by atoms with E-state index in [0.717, 1.165) is 0 Å². The molecule has 0 fully saturated rings. The van der Waals surface area contributed by atoms with E-state index in [1.165, 1.54) is 36.4 Å². The summed E-state index contributed by atoms with van der Waals surface area (Å²) < 4.78 is 8.91. The summed E-state index contributed by atoms with van der Waals surface area (Å²) in [5.74, 6) is -4.40. The highest BCUT2D eigenvalue weighted by Crippen LogP contribution is 2.22. The maximum atomic E-state index is 12.2. The summed E-state index contributed by atoms with van der Waals surface area (Å²) in [7, 11) is 0. The lowest BCUT2D eigenvalue weighted by atomic mass is 10.1. The van der Waals surface area contributed by atoms with Gasteiger partial charge in [0.25, 0.3) is 11.8 Å². The van der Waals surface area contributed by atoms with Crippen molar-refractivity contribution >= 4 is 35.7 Å². The van der Waals surface area contributed by atoms with Gasteiger partial charge in [-0.2, -0.15) is 0 Å². The van der Waals surface area contributed by atoms with Gasteiger partial charge in [-0.3, -0.25) is 9.59 Å². The summed E-state index contributed by atoms with van der Waals surface area (Å²) >= 11 is 0. The van der Waals surface area contributed by atoms with Gasteiger partial charge in [0, 0.05) is 11.1 Å². The van der Waals surface area contributed by atoms with Crippen LogP contribution in [0.3, 0.4) is 0 Å². The molecule has 2 N–H and O–H groups in total. The Labute approximate surface area is 161 Å². The van der Waals surface area contributed by atoms with Crippen LogP contribution in [0, 0.1) is 0 Å². The van der Waals surface area contributed by atoms with Crippen molar-refractivity contribution in [1.82, 2.24) is 10.6 Å². The SMILES string of the molecule is O=C(NCNC(=O)c1ccc2c(c1)C(=O)OC2=O)c1ccc2c(c1)C(=O)OC2=O. The van der Waals surface area contributed by atoms with E-state index < -0.39 is 35.7 Å². The summed E-state index contributed by atoms with van der Waals surface area (Å²) in [6, 6.07) is 7.76. The van der Waals surface area contributed by atoms with Gasteiger partial charge < -0.3 is 20.1 Å². The Morgan fingerprint density at radius 2 is 1.00 bits per heavy atom. The number of hydrogen-bond donors (Lipinski definition) is 2. The lowest BCUT2D eigenvalue weighted by Gasteiger charge is -2.08. The van der Waals surface area contributed by atoms with Crippen molar-refractivity contribution in [2.45, 2.75) is 0 Å². The van der Waals surface area contributed by atoms with Crippen LogP contribution < -0.4 is 10.6 Å². The zero-order valence-electron chi connectivity index (χ0n) is 14.4. The van der Waals surface area contributed by atoms with Crippen LogP contribution in [0.4, 0.5) is 0 Å². The third-order valence-electron chi connectivity index (χ3n) is 4.31. The molecular weight excluding hydrogens is 384 g/mol. The highest BCUT2D eigenvalue weighted by Gasteiger charge is 2.31. The molecule has 2 heterocycles. The van der Waals surface area contributed by atoms with Crippen molar-refractivity contribution in [2.75, 3.05) is 6.67 Å². The van der Waals surface area contributed by atoms with Crippen molar-refractivity contribution in [1.29, 1.82) is 0 Å². The van der Waals surface area contributed by atoms with Gasteiger partial charge >= 0.3 is 23.9 Å². The van der Waals surface area contributed by atoms with Gasteiger partial charge in [0.1, 0.15) is 0 Å². The summed E-state index contributed by atoms with van der Waals surface area (Å²) in [4.78, 5) is 70.3. The molecule has 10 nitrogen and oxygen atoms in total. The predicted octanol–water partition coefficient (Wildman–Crippen LogP) is 0.425. The second-order valence-corrected chi connectivity index (χ2v) is 6.06. The molecule has 0 unspecified atom stereocenters. The van der Waals surface area contributed by atoms with Crippen molar-refractivity contribution in [3.8, 4) is 0 Å². The van der Waals surface area contributed by atoms with E-state index in [2.05, 4.69) is 20.1 Å². The van der Waals surface area contributed by atoms with Gasteiger partial charge in [-0.15, -0.1) is 0 Å². The molecule has 2 aliphatic heterocycles. The first-order valence-electron chi connectivity index (χ1n) is 8.22. The Bertz CT molecular complexity index is 1060. The average Bonchev–Trinajstić information content (AvgIpc) is 3.16. The standard InChI is InChI=1S/C19H10N2O8/c22-14(8-1-3-10-12(5-8)18(26)28-16(10)24)20-7-21-15(23)9-2-4-11-13(6-9)19(27)29-17(11)25/h1-6H,7H2,(H,20,22)(H,21,23). The molecule has 10 heteroatoms. The Balaban J connectivity index is 1.38. The molecule has 29 heavy (non-hydrogen) atoms. The lowest BCUT2D eigenvalue weighted by molar-refractivity contribution is 0.0425. The Morgan fingerprint density at radius 3 is 1.41 bits per heavy atom. The van der Waals surface area contributed by atoms with Gasteiger partial charge in [-0.1, -0.05) is 0 Å². The van der Waals surface area contributed by atoms with E-state index in [1.807, 2.05) is 0 Å². The number of ether oxygens (including phenoxy) is 2. The number of cyclic esters (lactones) is 4. The fourth-order valence-corrected chi connectivity index (χ4v) is 2.86. The predicted molar refractivity (Wildman–Crippen MR) is 92.2 cm³/mol. The van der Waals surface area contributed by atoms with Crippen LogP contribution in [-0.4, -0.2) is 42.4 Å². The maximum Gasteiger partial charge on any atom is 0.346 e. The molecule has 0 spiro atoms. The van der Waals surface area contributed by atoms with Crippen molar-refractivity contribution in [3.05, 3.63) is 69.8 Å². The lowest BCUT2D eigenvalue weighted by Crippen LogP contribution is -2.37. The van der Waals surface area contributed by atoms with Crippen LogP contribution in [0.25, 0.3) is 0 Å². The third kappa shape index (κ3) is 3.12. The minimum Gasteiger partial charge on any atom is -0.386 e. The first kappa shape index (κ1) is 18.0. The molecule has 2 amide bonds. The Kier molecular flexibility index (Phi) is 4.15. The second kappa shape index (κ2) is 6.68. The van der Waals surface area contributed by atoms with Crippen LogP contribution in [0.1, 0.15) is 62.1 Å². The van der Waals surface area contributed by atoms with E-state index in [9.17, 15) is 28.8 Å². The monoisotopic (exact) mass is 394 g/mol. The first-order valence-corrected chi connectivity index (χ1v) is 8.22. The number of esters is 4. The number of rotatable bonds is 4. The van der Waals surface area contributed by atoms with Crippen molar-refractivity contribution < 1.29 is 38.2 Å². The molecule has 0 radical (unpaired) electrons. The van der Waals surface area contributed by atoms with Gasteiger partial charge in [-0.05, 0) is 36.4 Å². The molecule has 2 aromatic rings. The normalized spacial score (nSPS) is 14.1. The summed E-state index contributed by atoms with van der Waals surface area (Å²) in [5, 5.41) is 4.86. The summed E-state index contributed by atoms with van der Waals surface area (Å²) in [6.07, 6.45) is 0. The fourth-order valence-electron chi connectivity index (χ4n) is 2.86. The molecule has 0 aromatic heterocycles. The zero-order chi connectivity index (χ0) is 20.7. The number of fused-ring (bicyclic) bond motifs is 2. The van der Waals surface area contributed by atoms with Gasteiger partial charge in [0.05, 0.1) is 28.9 Å². The van der Waals surface area contributed by atoms with Crippen LogP contribution in [0.15, 0.2) is 36.4 Å². The maximum absolute atomic E-state index is 12.2. The molecule has 0 atom stereocenters. The largest absolute Gasteiger partial charge is 0.386 e. The molecule has 4 rings (SSSR count). The quantitative estimate of drug-likeness (QED) is 0.431. The van der Waals surface area contributed by atoms with E-state index in [-0.39, 0.29) is 40.0 Å². The van der Waals surface area contributed by atoms with Crippen molar-refractivity contribution in [3.63, 3.8) is 0 Å². The van der Waals surface area contributed by atoms with Gasteiger partial charge in [-0.25, -0.2) is 19.2 Å². The van der Waals surface area contributed by atoms with Crippen LogP contribution in [-0.2, 0) is 9.47 Å². The van der Waals surface area contributed by atoms with Gasteiger partial charge in [0.2, 0.25) is 0 Å². The molecule has 2 aliphatic rings. The zero-order valence-corrected chi connectivity index (χ0v) is 14.4. The Morgan fingerprint density at radius 1 is 0.621 bits per heavy atom. The van der Waals surface area contributed by atoms with Crippen LogP contribution >= 0.6 is 0 Å². The minimum absolute atomic E-state index is 0.00809. The number of hydrogen-bond acceptors (Lipinski definition) is 8. The van der Waals surface area contributed by atoms with E-state index in [1.54, 1.807) is 0 Å². The van der Waals surface area contributed by atoms with E-state index in [4.69, 9.17) is 0 Å². The highest BCUT2D eigenvalue weighted by molar-refractivity contribution is 6.16. The molecular formula is C19H10N2O8. The molecule has 0 bridgehead atoms. The fraction of sp³-hybridized carbons (Fsp3) is 0.0526. The first-order chi connectivity index (χ1) is 13.8. The number of amides is 2. The topological polar surface area (TPSA) is 145 Å². The molecule has 144 valence electrons. The smallest absolute Gasteiger partial charge is 0.346 e. The van der Waals surface area contributed by atoms with Gasteiger partial charge in [0.15, 0.2) is 0 Å². The molecule has 0 saturated heterocycles. The summed E-state index contributed by atoms with van der Waals surface area (Å²) in [5.41, 5.74) is 0.339. The minimum atomic E-state index is -0.832. The average molecular weight is 394 g/mol. The van der Waals surface area contributed by atoms with E-state index >= 15 is 0 Å². The van der Waals surface area contributed by atoms with Crippen LogP contribution in [0.5, 0.6) is 0 Å². The second-order valence-electron chi connectivity index (χ2n) is 6.06. The number of carbonyl (C=O) groups is 6. The number of nitrogens with one attached hydrogen (secondary N) is 2. The number of benzene rings is 2. The third-order valence-corrected chi connectivity index (χ3v) is 4.31. The summed E-state index contributed by atoms with van der Waals surface area (Å²) in [6.45, 7) is -0.251. The molecule has 0 aliphatic carbocycles. The molecule has 0 saturated carbocycles. The van der Waals surface area contributed by atoms with Crippen molar-refractivity contribution in [2.24, 2.45) is 0 Å². The highest BCUT2D eigenvalue weighted by atomic mass is 16.6. The Hall–Kier alpha value is -4.34. The molecule has 2 aromatic carbocycles. The number of carbonyl (C=O) groups excluding carboxylic acids is 6.